The second kappa shape index (κ2) is 8.87. The number of methoxy groups -OCH3 is 2. The van der Waals surface area contributed by atoms with Crippen molar-refractivity contribution in [2.45, 2.75) is 83.7 Å². The quantitative estimate of drug-likeness (QED) is 0.533. The van der Waals surface area contributed by atoms with E-state index < -0.39 is 8.32 Å². The summed E-state index contributed by atoms with van der Waals surface area (Å²) in [5.41, 5.74) is 2.25. The van der Waals surface area contributed by atoms with Gasteiger partial charge in [-0.15, -0.1) is 0 Å². The van der Waals surface area contributed by atoms with E-state index in [0.717, 1.165) is 41.9 Å². The lowest BCUT2D eigenvalue weighted by atomic mass is 9.97. The molecule has 0 radical (unpaired) electrons. The third kappa shape index (κ3) is 4.71. The minimum atomic E-state index is -2.06. The summed E-state index contributed by atoms with van der Waals surface area (Å²) < 4.78 is 18.1. The van der Waals surface area contributed by atoms with Gasteiger partial charge in [-0.2, -0.15) is 0 Å². The molecule has 0 aromatic heterocycles. The molecule has 1 aliphatic rings. The molecular formula is C22H37NO4Si. The molecular weight excluding hydrogens is 370 g/mol. The Labute approximate surface area is 171 Å². The van der Waals surface area contributed by atoms with Crippen LogP contribution >= 0.6 is 0 Å². The van der Waals surface area contributed by atoms with E-state index in [-0.39, 0.29) is 23.1 Å². The van der Waals surface area contributed by atoms with Crippen molar-refractivity contribution in [3.8, 4) is 11.5 Å². The molecule has 5 nitrogen and oxygen atoms in total. The van der Waals surface area contributed by atoms with E-state index in [2.05, 4.69) is 45.2 Å². The van der Waals surface area contributed by atoms with Crippen LogP contribution in [0.15, 0.2) is 12.1 Å². The largest absolute Gasteiger partial charge is 0.493 e. The molecule has 1 aromatic rings. The van der Waals surface area contributed by atoms with Crippen molar-refractivity contribution in [1.29, 1.82) is 0 Å². The normalized spacial score (nSPS) is 20.1. The molecule has 1 aliphatic carbocycles. The van der Waals surface area contributed by atoms with Crippen LogP contribution in [0.3, 0.4) is 0 Å². The van der Waals surface area contributed by atoms with E-state index in [1.807, 2.05) is 13.0 Å². The van der Waals surface area contributed by atoms with Gasteiger partial charge in [0.2, 0.25) is 5.91 Å². The molecule has 2 rings (SSSR count). The van der Waals surface area contributed by atoms with E-state index in [0.29, 0.717) is 6.42 Å². The summed E-state index contributed by atoms with van der Waals surface area (Å²) >= 11 is 0. The highest BCUT2D eigenvalue weighted by molar-refractivity contribution is 6.74. The number of ether oxygens (including phenoxy) is 2. The van der Waals surface area contributed by atoms with E-state index in [1.54, 1.807) is 14.2 Å². The van der Waals surface area contributed by atoms with Crippen LogP contribution in [0.2, 0.25) is 18.1 Å². The summed E-state index contributed by atoms with van der Waals surface area (Å²) in [6.07, 6.45) is 3.01. The minimum absolute atomic E-state index is 0.0408. The topological polar surface area (TPSA) is 56.8 Å². The Morgan fingerprint density at radius 2 is 1.89 bits per heavy atom. The maximum Gasteiger partial charge on any atom is 0.220 e. The van der Waals surface area contributed by atoms with Crippen molar-refractivity contribution in [1.82, 2.24) is 5.32 Å². The van der Waals surface area contributed by atoms with Gasteiger partial charge in [0.15, 0.2) is 19.8 Å². The lowest BCUT2D eigenvalue weighted by molar-refractivity contribution is -0.122. The Kier molecular flexibility index (Phi) is 7.20. The number of carbonyl (C=O) groups is 1. The standard InChI is InChI=1S/C22H37NO4Si/c1-9-19(24)23-17-12-10-11-15-16(13-14-18(25-5)21(15)26-6)20(17)27-28(7,8)22(2,3)4/h13-14,17,20H,9-12H2,1-8H3,(H,23,24). The molecule has 2 atom stereocenters. The first-order valence-corrected chi connectivity index (χ1v) is 13.2. The van der Waals surface area contributed by atoms with E-state index in [4.69, 9.17) is 13.9 Å². The lowest BCUT2D eigenvalue weighted by Gasteiger charge is -2.41. The first-order valence-electron chi connectivity index (χ1n) is 10.3. The minimum Gasteiger partial charge on any atom is -0.493 e. The summed E-state index contributed by atoms with van der Waals surface area (Å²) in [7, 11) is 1.29. The average molecular weight is 408 g/mol. The molecule has 1 amide bonds. The molecule has 2 unspecified atom stereocenters. The second-order valence-electron chi connectivity index (χ2n) is 9.09. The number of benzene rings is 1. The fourth-order valence-electron chi connectivity index (χ4n) is 3.49. The van der Waals surface area contributed by atoms with Gasteiger partial charge in [-0.3, -0.25) is 4.79 Å². The SMILES string of the molecule is CCC(=O)NC1CCCc2c(ccc(OC)c2OC)C1O[Si](C)(C)C(C)(C)C. The van der Waals surface area contributed by atoms with Crippen LogP contribution in [-0.4, -0.2) is 34.5 Å². The van der Waals surface area contributed by atoms with Crippen LogP contribution in [0.4, 0.5) is 0 Å². The van der Waals surface area contributed by atoms with Gasteiger partial charge in [-0.05, 0) is 49.0 Å². The lowest BCUT2D eigenvalue weighted by Crippen LogP contribution is -2.47. The molecule has 0 fully saturated rings. The van der Waals surface area contributed by atoms with Gasteiger partial charge >= 0.3 is 0 Å². The predicted octanol–water partition coefficient (Wildman–Crippen LogP) is 5.00. The third-order valence-electron chi connectivity index (χ3n) is 6.19. The van der Waals surface area contributed by atoms with E-state index >= 15 is 0 Å². The van der Waals surface area contributed by atoms with Gasteiger partial charge in [0, 0.05) is 12.0 Å². The summed E-state index contributed by atoms with van der Waals surface area (Å²) in [5.74, 6) is 1.59. The first kappa shape index (κ1) is 22.8. The van der Waals surface area contributed by atoms with Crippen molar-refractivity contribution < 1.29 is 18.7 Å². The zero-order valence-corrected chi connectivity index (χ0v) is 19.8. The average Bonchev–Trinajstić information content (AvgIpc) is 2.79. The molecule has 1 aromatic carbocycles. The van der Waals surface area contributed by atoms with E-state index in [1.165, 1.54) is 0 Å². The van der Waals surface area contributed by atoms with Gasteiger partial charge in [-0.1, -0.05) is 33.8 Å². The molecule has 0 aliphatic heterocycles. The molecule has 1 N–H and O–H groups in total. The number of rotatable bonds is 6. The van der Waals surface area contributed by atoms with Gasteiger partial charge in [-0.25, -0.2) is 0 Å². The number of hydrogen-bond donors (Lipinski definition) is 1. The molecule has 0 heterocycles. The Hall–Kier alpha value is -1.53. The first-order chi connectivity index (χ1) is 13.1. The van der Waals surface area contributed by atoms with Crippen LogP contribution in [-0.2, 0) is 15.6 Å². The van der Waals surface area contributed by atoms with Crippen molar-refractivity contribution in [2.75, 3.05) is 14.2 Å². The maximum absolute atomic E-state index is 12.2. The molecule has 28 heavy (non-hydrogen) atoms. The van der Waals surface area contributed by atoms with Gasteiger partial charge in [0.05, 0.1) is 26.4 Å². The third-order valence-corrected chi connectivity index (χ3v) is 10.6. The van der Waals surface area contributed by atoms with Gasteiger partial charge < -0.3 is 19.2 Å². The predicted molar refractivity (Wildman–Crippen MR) is 116 cm³/mol. The molecule has 6 heteroatoms. The highest BCUT2D eigenvalue weighted by Crippen LogP contribution is 2.45. The number of carbonyl (C=O) groups excluding carboxylic acids is 1. The Morgan fingerprint density at radius 3 is 2.43 bits per heavy atom. The second-order valence-corrected chi connectivity index (χ2v) is 13.8. The van der Waals surface area contributed by atoms with Crippen LogP contribution in [0, 0.1) is 0 Å². The van der Waals surface area contributed by atoms with Crippen molar-refractivity contribution in [2.24, 2.45) is 0 Å². The van der Waals surface area contributed by atoms with Crippen LogP contribution < -0.4 is 14.8 Å². The Bertz CT molecular complexity index is 697. The zero-order valence-electron chi connectivity index (χ0n) is 18.8. The number of hydrogen-bond acceptors (Lipinski definition) is 4. The Balaban J connectivity index is 2.57. The number of amides is 1. The van der Waals surface area contributed by atoms with Crippen LogP contribution in [0.1, 0.15) is 64.2 Å². The van der Waals surface area contributed by atoms with Crippen molar-refractivity contribution in [3.63, 3.8) is 0 Å². The highest BCUT2D eigenvalue weighted by Gasteiger charge is 2.43. The number of fused-ring (bicyclic) bond motifs is 1. The smallest absolute Gasteiger partial charge is 0.220 e. The zero-order chi connectivity index (χ0) is 21.1. The van der Waals surface area contributed by atoms with E-state index in [9.17, 15) is 4.79 Å². The summed E-state index contributed by atoms with van der Waals surface area (Å²) in [5, 5.41) is 3.30. The molecule has 0 saturated carbocycles. The Morgan fingerprint density at radius 1 is 1.21 bits per heavy atom. The molecule has 158 valence electrons. The molecule has 0 bridgehead atoms. The highest BCUT2D eigenvalue weighted by atomic mass is 28.4. The number of nitrogens with one attached hydrogen (secondary N) is 1. The van der Waals surface area contributed by atoms with Crippen LogP contribution in [0.5, 0.6) is 11.5 Å². The summed E-state index contributed by atoms with van der Waals surface area (Å²) in [6.45, 7) is 13.1. The molecule has 0 spiro atoms. The fraction of sp³-hybridized carbons (Fsp3) is 0.682. The van der Waals surface area contributed by atoms with Gasteiger partial charge in [0.1, 0.15) is 0 Å². The van der Waals surface area contributed by atoms with Crippen molar-refractivity contribution in [3.05, 3.63) is 23.3 Å². The summed E-state index contributed by atoms with van der Waals surface area (Å²) in [4.78, 5) is 12.2. The monoisotopic (exact) mass is 407 g/mol. The van der Waals surface area contributed by atoms with Gasteiger partial charge in [0.25, 0.3) is 0 Å². The fourth-order valence-corrected chi connectivity index (χ4v) is 4.77. The summed E-state index contributed by atoms with van der Waals surface area (Å²) in [6, 6.07) is 4.00. The maximum atomic E-state index is 12.2. The van der Waals surface area contributed by atoms with Crippen molar-refractivity contribution >= 4 is 14.2 Å². The molecule has 0 saturated heterocycles. The van der Waals surface area contributed by atoms with Crippen LogP contribution in [0.25, 0.3) is 0 Å².